The molecule has 1 aliphatic heterocycles. The van der Waals surface area contributed by atoms with Gasteiger partial charge in [0, 0.05) is 5.70 Å². The number of esters is 1. The van der Waals surface area contributed by atoms with Crippen LogP contribution in [0, 0.1) is 5.82 Å². The van der Waals surface area contributed by atoms with Gasteiger partial charge in [-0.2, -0.15) is 0 Å². The smallest absolute Gasteiger partial charge is 0.337 e. The van der Waals surface area contributed by atoms with E-state index in [2.05, 4.69) is 10.6 Å². The van der Waals surface area contributed by atoms with Crippen LogP contribution in [0.1, 0.15) is 31.0 Å². The molecule has 0 fully saturated rings. The van der Waals surface area contributed by atoms with E-state index in [-0.39, 0.29) is 12.4 Å². The van der Waals surface area contributed by atoms with Crippen LogP contribution in [0.4, 0.5) is 9.18 Å². The van der Waals surface area contributed by atoms with Crippen LogP contribution < -0.4 is 20.1 Å². The molecular weight excluding hydrogens is 391 g/mol. The van der Waals surface area contributed by atoms with E-state index < -0.39 is 18.0 Å². The predicted octanol–water partition coefficient (Wildman–Crippen LogP) is 3.60. The molecule has 0 bridgehead atoms. The Morgan fingerprint density at radius 1 is 1.10 bits per heavy atom. The minimum Gasteiger partial charge on any atom is -0.490 e. The van der Waals surface area contributed by atoms with Crippen LogP contribution in [0.5, 0.6) is 11.5 Å². The van der Waals surface area contributed by atoms with Crippen molar-refractivity contribution < 1.29 is 28.2 Å². The molecule has 1 atom stereocenters. The van der Waals surface area contributed by atoms with Gasteiger partial charge in [0.15, 0.2) is 11.5 Å². The van der Waals surface area contributed by atoms with Crippen LogP contribution in [0.25, 0.3) is 0 Å². The van der Waals surface area contributed by atoms with E-state index in [4.69, 9.17) is 14.2 Å². The largest absolute Gasteiger partial charge is 0.490 e. The molecule has 2 aromatic rings. The average molecular weight is 414 g/mol. The van der Waals surface area contributed by atoms with Crippen molar-refractivity contribution in [1.29, 1.82) is 0 Å². The Kier molecular flexibility index (Phi) is 6.56. The first-order valence-electron chi connectivity index (χ1n) is 9.43. The summed E-state index contributed by atoms with van der Waals surface area (Å²) in [4.78, 5) is 24.3. The number of halogens is 1. The second-order valence-electron chi connectivity index (χ2n) is 6.62. The normalized spacial score (nSPS) is 15.9. The summed E-state index contributed by atoms with van der Waals surface area (Å²) in [6.45, 7) is 4.11. The number of nitrogens with one attached hydrogen (secondary N) is 2. The van der Waals surface area contributed by atoms with Crippen LogP contribution in [-0.4, -0.2) is 25.7 Å². The van der Waals surface area contributed by atoms with Gasteiger partial charge < -0.3 is 24.8 Å². The number of ether oxygens (including phenoxy) is 3. The van der Waals surface area contributed by atoms with Crippen molar-refractivity contribution in [3.8, 4) is 11.5 Å². The molecule has 2 aromatic carbocycles. The van der Waals surface area contributed by atoms with Gasteiger partial charge in [-0.3, -0.25) is 0 Å². The maximum Gasteiger partial charge on any atom is 0.337 e. The molecule has 1 unspecified atom stereocenters. The van der Waals surface area contributed by atoms with E-state index in [1.807, 2.05) is 6.92 Å². The molecule has 0 saturated carbocycles. The zero-order chi connectivity index (χ0) is 21.7. The highest BCUT2D eigenvalue weighted by Crippen LogP contribution is 2.35. The molecule has 3 rings (SSSR count). The number of urea groups is 1. The molecule has 30 heavy (non-hydrogen) atoms. The summed E-state index contributed by atoms with van der Waals surface area (Å²) in [5, 5.41) is 5.32. The van der Waals surface area contributed by atoms with Crippen molar-refractivity contribution in [2.75, 3.05) is 13.7 Å². The molecule has 0 spiro atoms. The summed E-state index contributed by atoms with van der Waals surface area (Å²) in [6, 6.07) is 10.1. The first kappa shape index (κ1) is 21.2. The van der Waals surface area contributed by atoms with Gasteiger partial charge in [-0.05, 0) is 49.2 Å². The van der Waals surface area contributed by atoms with Crippen molar-refractivity contribution in [2.24, 2.45) is 0 Å². The number of hydrogen-bond acceptors (Lipinski definition) is 5. The van der Waals surface area contributed by atoms with Gasteiger partial charge >= 0.3 is 12.0 Å². The van der Waals surface area contributed by atoms with Crippen LogP contribution in [-0.2, 0) is 16.1 Å². The molecule has 0 radical (unpaired) electrons. The Hall–Kier alpha value is -3.55. The van der Waals surface area contributed by atoms with Gasteiger partial charge in [0.2, 0.25) is 0 Å². The molecule has 1 heterocycles. The van der Waals surface area contributed by atoms with Gasteiger partial charge in [-0.1, -0.05) is 18.2 Å². The first-order chi connectivity index (χ1) is 14.4. The quantitative estimate of drug-likeness (QED) is 0.676. The van der Waals surface area contributed by atoms with Gasteiger partial charge in [-0.25, -0.2) is 14.0 Å². The Balaban J connectivity index is 1.89. The standard InChI is InChI=1S/C22H23FN2O5/c1-4-29-18-11-15(20-19(21(26)28-3)13(2)24-22(27)25-20)7-10-17(18)30-12-14-5-8-16(23)9-6-14/h5-11,20H,4,12H2,1-3H3,(H2,24,25,27). The molecule has 0 aromatic heterocycles. The minimum absolute atomic E-state index is 0.232. The lowest BCUT2D eigenvalue weighted by molar-refractivity contribution is -0.136. The van der Waals surface area contributed by atoms with Gasteiger partial charge in [0.05, 0.1) is 25.3 Å². The third kappa shape index (κ3) is 4.71. The fraction of sp³-hybridized carbons (Fsp3) is 0.273. The number of benzene rings is 2. The van der Waals surface area contributed by atoms with E-state index in [1.54, 1.807) is 37.3 Å². The van der Waals surface area contributed by atoms with Crippen LogP contribution in [0.15, 0.2) is 53.7 Å². The topological polar surface area (TPSA) is 85.9 Å². The fourth-order valence-electron chi connectivity index (χ4n) is 3.16. The molecule has 1 aliphatic rings. The maximum atomic E-state index is 13.1. The molecule has 158 valence electrons. The van der Waals surface area contributed by atoms with Crippen LogP contribution in [0.3, 0.4) is 0 Å². The second kappa shape index (κ2) is 9.30. The van der Waals surface area contributed by atoms with E-state index in [9.17, 15) is 14.0 Å². The highest BCUT2D eigenvalue weighted by Gasteiger charge is 2.32. The predicted molar refractivity (Wildman–Crippen MR) is 107 cm³/mol. The highest BCUT2D eigenvalue weighted by atomic mass is 19.1. The monoisotopic (exact) mass is 414 g/mol. The molecule has 2 amide bonds. The van der Waals surface area contributed by atoms with Gasteiger partial charge in [-0.15, -0.1) is 0 Å². The summed E-state index contributed by atoms with van der Waals surface area (Å²) < 4.78 is 29.5. The average Bonchev–Trinajstić information content (AvgIpc) is 2.73. The summed E-state index contributed by atoms with van der Waals surface area (Å²) in [5.41, 5.74) is 2.17. The first-order valence-corrected chi connectivity index (χ1v) is 9.43. The fourth-order valence-corrected chi connectivity index (χ4v) is 3.16. The van der Waals surface area contributed by atoms with E-state index >= 15 is 0 Å². The van der Waals surface area contributed by atoms with Crippen molar-refractivity contribution >= 4 is 12.0 Å². The summed E-state index contributed by atoms with van der Waals surface area (Å²) in [7, 11) is 1.29. The Labute approximate surface area is 173 Å². The number of hydrogen-bond donors (Lipinski definition) is 2. The van der Waals surface area contributed by atoms with Gasteiger partial charge in [0.25, 0.3) is 0 Å². The third-order valence-corrected chi connectivity index (χ3v) is 4.58. The Morgan fingerprint density at radius 3 is 2.50 bits per heavy atom. The lowest BCUT2D eigenvalue weighted by Gasteiger charge is -2.28. The number of allylic oxidation sites excluding steroid dienone is 1. The Bertz CT molecular complexity index is 972. The number of carbonyl (C=O) groups is 2. The summed E-state index contributed by atoms with van der Waals surface area (Å²) >= 11 is 0. The van der Waals surface area contributed by atoms with E-state index in [0.29, 0.717) is 34.9 Å². The molecule has 8 heteroatoms. The molecular formula is C22H23FN2O5. The van der Waals surface area contributed by atoms with E-state index in [0.717, 1.165) is 5.56 Å². The lowest BCUT2D eigenvalue weighted by atomic mass is 9.95. The number of rotatable bonds is 7. The number of carbonyl (C=O) groups excluding carboxylic acids is 2. The zero-order valence-electron chi connectivity index (χ0n) is 17.0. The zero-order valence-corrected chi connectivity index (χ0v) is 17.0. The maximum absolute atomic E-state index is 13.1. The Morgan fingerprint density at radius 2 is 1.83 bits per heavy atom. The summed E-state index contributed by atoms with van der Waals surface area (Å²) in [5.74, 6) is 0.101. The lowest BCUT2D eigenvalue weighted by Crippen LogP contribution is -2.45. The van der Waals surface area contributed by atoms with Crippen LogP contribution in [0.2, 0.25) is 0 Å². The van der Waals surface area contributed by atoms with Crippen LogP contribution >= 0.6 is 0 Å². The van der Waals surface area contributed by atoms with Crippen molar-refractivity contribution in [3.63, 3.8) is 0 Å². The molecule has 7 nitrogen and oxygen atoms in total. The summed E-state index contributed by atoms with van der Waals surface area (Å²) in [6.07, 6.45) is 0. The van der Waals surface area contributed by atoms with Gasteiger partial charge in [0.1, 0.15) is 12.4 Å². The van der Waals surface area contributed by atoms with Crippen molar-refractivity contribution in [3.05, 3.63) is 70.7 Å². The number of methoxy groups -OCH3 is 1. The highest BCUT2D eigenvalue weighted by molar-refractivity contribution is 5.95. The molecule has 0 saturated heterocycles. The number of amides is 2. The molecule has 2 N–H and O–H groups in total. The third-order valence-electron chi connectivity index (χ3n) is 4.58. The molecule has 0 aliphatic carbocycles. The minimum atomic E-state index is -0.698. The SMILES string of the molecule is CCOc1cc(C2NC(=O)NC(C)=C2C(=O)OC)ccc1OCc1ccc(F)cc1. The van der Waals surface area contributed by atoms with Crippen molar-refractivity contribution in [1.82, 2.24) is 10.6 Å². The van der Waals surface area contributed by atoms with Crippen molar-refractivity contribution in [2.45, 2.75) is 26.5 Å². The van der Waals surface area contributed by atoms with E-state index in [1.165, 1.54) is 19.2 Å². The second-order valence-corrected chi connectivity index (χ2v) is 6.62.